The standard InChI is InChI=1S/C21H19FN4O3/c1-11-7-14-16(9-18(11)28)24-10-17-19(14)20(25-26(17)2)12-3-4-15(22)13(8-12)21(29)23-5-6-27/h3-4,7-10,27-28H,5-6H2,1-2H3,(H,23,29). The van der Waals surface area contributed by atoms with Gasteiger partial charge >= 0.3 is 0 Å². The molecule has 0 saturated carbocycles. The van der Waals surface area contributed by atoms with E-state index in [0.29, 0.717) is 22.3 Å². The number of aromatic hydroxyl groups is 1. The molecule has 2 aromatic heterocycles. The molecule has 0 fully saturated rings. The number of carbonyl (C=O) groups is 1. The first-order chi connectivity index (χ1) is 13.9. The average Bonchev–Trinajstić information content (AvgIpc) is 3.04. The molecular weight excluding hydrogens is 375 g/mol. The first-order valence-corrected chi connectivity index (χ1v) is 9.04. The van der Waals surface area contributed by atoms with Crippen LogP contribution in [0, 0.1) is 12.7 Å². The minimum absolute atomic E-state index is 0.0358. The van der Waals surface area contributed by atoms with E-state index in [2.05, 4.69) is 15.4 Å². The average molecular weight is 394 g/mol. The van der Waals surface area contributed by atoms with Crippen LogP contribution in [-0.2, 0) is 7.05 Å². The van der Waals surface area contributed by atoms with Crippen LogP contribution >= 0.6 is 0 Å². The highest BCUT2D eigenvalue weighted by molar-refractivity contribution is 6.12. The quantitative estimate of drug-likeness (QED) is 0.494. The molecule has 1 amide bonds. The van der Waals surface area contributed by atoms with Crippen LogP contribution in [0.25, 0.3) is 33.1 Å². The molecule has 0 spiro atoms. The van der Waals surface area contributed by atoms with Gasteiger partial charge in [-0.05, 0) is 36.8 Å². The van der Waals surface area contributed by atoms with Crippen LogP contribution in [0.15, 0.2) is 36.5 Å². The van der Waals surface area contributed by atoms with Crippen LogP contribution < -0.4 is 5.32 Å². The van der Waals surface area contributed by atoms with Crippen LogP contribution in [0.1, 0.15) is 15.9 Å². The number of phenolic OH excluding ortho intramolecular Hbond substituents is 1. The van der Waals surface area contributed by atoms with Crippen molar-refractivity contribution in [2.75, 3.05) is 13.2 Å². The summed E-state index contributed by atoms with van der Waals surface area (Å²) in [6, 6.07) is 7.68. The maximum Gasteiger partial charge on any atom is 0.254 e. The highest BCUT2D eigenvalue weighted by Gasteiger charge is 2.19. The maximum atomic E-state index is 14.2. The number of aliphatic hydroxyl groups excluding tert-OH is 1. The second-order valence-corrected chi connectivity index (χ2v) is 6.82. The van der Waals surface area contributed by atoms with E-state index in [1.807, 2.05) is 6.07 Å². The number of nitrogens with zero attached hydrogens (tertiary/aromatic N) is 3. The first kappa shape index (κ1) is 18.8. The van der Waals surface area contributed by atoms with Crippen molar-refractivity contribution in [1.82, 2.24) is 20.1 Å². The van der Waals surface area contributed by atoms with E-state index < -0.39 is 11.7 Å². The molecule has 4 rings (SSSR count). The van der Waals surface area contributed by atoms with Gasteiger partial charge in [0.05, 0.1) is 29.4 Å². The fourth-order valence-electron chi connectivity index (χ4n) is 3.39. The number of aromatic nitrogens is 3. The van der Waals surface area contributed by atoms with Crippen molar-refractivity contribution in [3.05, 3.63) is 53.5 Å². The van der Waals surface area contributed by atoms with Gasteiger partial charge in [0, 0.05) is 36.0 Å². The number of rotatable bonds is 4. The minimum Gasteiger partial charge on any atom is -0.508 e. The number of benzene rings is 2. The highest BCUT2D eigenvalue weighted by Crippen LogP contribution is 2.35. The molecule has 0 unspecified atom stereocenters. The van der Waals surface area contributed by atoms with Gasteiger partial charge in [-0.15, -0.1) is 0 Å². The normalized spacial score (nSPS) is 11.3. The zero-order valence-electron chi connectivity index (χ0n) is 15.9. The van der Waals surface area contributed by atoms with Gasteiger partial charge in [-0.1, -0.05) is 0 Å². The van der Waals surface area contributed by atoms with Gasteiger partial charge in [0.25, 0.3) is 5.91 Å². The lowest BCUT2D eigenvalue weighted by molar-refractivity contribution is 0.0941. The van der Waals surface area contributed by atoms with E-state index >= 15 is 0 Å². The van der Waals surface area contributed by atoms with Crippen molar-refractivity contribution in [1.29, 1.82) is 0 Å². The third-order valence-electron chi connectivity index (χ3n) is 4.88. The number of phenols is 1. The Morgan fingerprint density at radius 3 is 2.83 bits per heavy atom. The molecule has 0 aliphatic heterocycles. The largest absolute Gasteiger partial charge is 0.508 e. The number of halogens is 1. The Kier molecular flexibility index (Phi) is 4.63. The van der Waals surface area contributed by atoms with Crippen molar-refractivity contribution < 1.29 is 19.4 Å². The Hall–Kier alpha value is -3.52. The molecule has 7 nitrogen and oxygen atoms in total. The lowest BCUT2D eigenvalue weighted by Crippen LogP contribution is -2.27. The van der Waals surface area contributed by atoms with Crippen LogP contribution in [-0.4, -0.2) is 44.0 Å². The lowest BCUT2D eigenvalue weighted by Gasteiger charge is -2.08. The fraction of sp³-hybridized carbons (Fsp3) is 0.190. The molecule has 0 bridgehead atoms. The highest BCUT2D eigenvalue weighted by atomic mass is 19.1. The van der Waals surface area contributed by atoms with Crippen LogP contribution in [0.4, 0.5) is 4.39 Å². The second kappa shape index (κ2) is 7.14. The fourth-order valence-corrected chi connectivity index (χ4v) is 3.39. The zero-order chi connectivity index (χ0) is 20.7. The molecular formula is C21H19FN4O3. The lowest BCUT2D eigenvalue weighted by atomic mass is 10.0. The van der Waals surface area contributed by atoms with E-state index in [1.165, 1.54) is 12.1 Å². The van der Waals surface area contributed by atoms with Gasteiger partial charge in [0.2, 0.25) is 0 Å². The predicted octanol–water partition coefficient (Wildman–Crippen LogP) is 2.66. The molecule has 4 aromatic rings. The van der Waals surface area contributed by atoms with Crippen LogP contribution in [0.5, 0.6) is 5.75 Å². The molecule has 3 N–H and O–H groups in total. The van der Waals surface area contributed by atoms with E-state index in [1.54, 1.807) is 37.0 Å². The van der Waals surface area contributed by atoms with Gasteiger partial charge in [0.15, 0.2) is 0 Å². The number of fused-ring (bicyclic) bond motifs is 3. The topological polar surface area (TPSA) is 100 Å². The van der Waals surface area contributed by atoms with E-state index in [0.717, 1.165) is 16.3 Å². The summed E-state index contributed by atoms with van der Waals surface area (Å²) in [7, 11) is 1.78. The molecule has 29 heavy (non-hydrogen) atoms. The molecule has 148 valence electrons. The molecule has 2 heterocycles. The third-order valence-corrected chi connectivity index (χ3v) is 4.88. The Labute approximate surface area is 165 Å². The summed E-state index contributed by atoms with van der Waals surface area (Å²) in [5.41, 5.74) is 3.11. The summed E-state index contributed by atoms with van der Waals surface area (Å²) in [5, 5.41) is 27.5. The Morgan fingerprint density at radius 2 is 2.07 bits per heavy atom. The predicted molar refractivity (Wildman–Crippen MR) is 107 cm³/mol. The summed E-state index contributed by atoms with van der Waals surface area (Å²) in [4.78, 5) is 16.6. The molecule has 0 aliphatic rings. The number of carbonyl (C=O) groups excluding carboxylic acids is 1. The molecule has 0 saturated heterocycles. The number of aryl methyl sites for hydroxylation is 2. The van der Waals surface area contributed by atoms with Crippen molar-refractivity contribution in [3.8, 4) is 17.0 Å². The van der Waals surface area contributed by atoms with Crippen molar-refractivity contribution in [2.45, 2.75) is 6.92 Å². The number of nitrogens with one attached hydrogen (secondary N) is 1. The molecule has 0 atom stereocenters. The third kappa shape index (κ3) is 3.17. The molecule has 0 aliphatic carbocycles. The summed E-state index contributed by atoms with van der Waals surface area (Å²) >= 11 is 0. The van der Waals surface area contributed by atoms with E-state index in [9.17, 15) is 14.3 Å². The smallest absolute Gasteiger partial charge is 0.254 e. The Morgan fingerprint density at radius 1 is 1.28 bits per heavy atom. The zero-order valence-corrected chi connectivity index (χ0v) is 15.9. The van der Waals surface area contributed by atoms with Crippen molar-refractivity contribution in [3.63, 3.8) is 0 Å². The molecule has 2 aromatic carbocycles. The number of pyridine rings is 1. The molecule has 8 heteroatoms. The summed E-state index contributed by atoms with van der Waals surface area (Å²) in [6.45, 7) is 1.60. The second-order valence-electron chi connectivity index (χ2n) is 6.82. The van der Waals surface area contributed by atoms with E-state index in [-0.39, 0.29) is 24.5 Å². The van der Waals surface area contributed by atoms with Gasteiger partial charge in [-0.3, -0.25) is 14.5 Å². The summed E-state index contributed by atoms with van der Waals surface area (Å²) < 4.78 is 15.9. The summed E-state index contributed by atoms with van der Waals surface area (Å²) in [5.74, 6) is -1.11. The number of amides is 1. The Bertz CT molecular complexity index is 1270. The van der Waals surface area contributed by atoms with Crippen molar-refractivity contribution in [2.24, 2.45) is 7.05 Å². The van der Waals surface area contributed by atoms with Gasteiger partial charge in [0.1, 0.15) is 17.3 Å². The number of hydrogen-bond donors (Lipinski definition) is 3. The first-order valence-electron chi connectivity index (χ1n) is 9.04. The minimum atomic E-state index is -0.656. The number of aliphatic hydroxyl groups is 1. The van der Waals surface area contributed by atoms with Crippen LogP contribution in [0.3, 0.4) is 0 Å². The van der Waals surface area contributed by atoms with Crippen LogP contribution in [0.2, 0.25) is 0 Å². The number of hydrogen-bond acceptors (Lipinski definition) is 5. The monoisotopic (exact) mass is 394 g/mol. The van der Waals surface area contributed by atoms with Gasteiger partial charge in [-0.2, -0.15) is 5.10 Å². The van der Waals surface area contributed by atoms with Gasteiger partial charge in [-0.25, -0.2) is 4.39 Å². The SMILES string of the molecule is Cc1cc2c(cc1O)ncc1c2c(-c2ccc(F)c(C(=O)NCCO)c2)nn1C. The molecule has 0 radical (unpaired) electrons. The Balaban J connectivity index is 1.96. The summed E-state index contributed by atoms with van der Waals surface area (Å²) in [6.07, 6.45) is 1.67. The van der Waals surface area contributed by atoms with Crippen molar-refractivity contribution >= 4 is 27.7 Å². The van der Waals surface area contributed by atoms with Gasteiger partial charge < -0.3 is 15.5 Å². The maximum absolute atomic E-state index is 14.2. The van der Waals surface area contributed by atoms with E-state index in [4.69, 9.17) is 5.11 Å².